The molecule has 9 heteroatoms. The summed E-state index contributed by atoms with van der Waals surface area (Å²) in [5.41, 5.74) is 1.61. The fourth-order valence-corrected chi connectivity index (χ4v) is 4.67. The summed E-state index contributed by atoms with van der Waals surface area (Å²) in [4.78, 5) is 16.8. The van der Waals surface area contributed by atoms with Crippen molar-refractivity contribution >= 4 is 27.3 Å². The Hall–Kier alpha value is -2.78. The third-order valence-electron chi connectivity index (χ3n) is 5.51. The molecule has 0 spiro atoms. The maximum atomic E-state index is 13.1. The third kappa shape index (κ3) is 5.72. The van der Waals surface area contributed by atoms with Crippen LogP contribution in [0.15, 0.2) is 47.4 Å². The highest BCUT2D eigenvalue weighted by Gasteiger charge is 2.22. The number of amides is 1. The zero-order chi connectivity index (χ0) is 23.1. The van der Waals surface area contributed by atoms with E-state index in [0.717, 1.165) is 44.7 Å². The number of hydrogen-bond donors (Lipinski definition) is 2. The molecule has 0 aromatic heterocycles. The van der Waals surface area contributed by atoms with E-state index in [1.807, 2.05) is 6.07 Å². The lowest BCUT2D eigenvalue weighted by Crippen LogP contribution is -2.43. The molecule has 1 aliphatic heterocycles. The molecule has 0 bridgehead atoms. The number of sulfonamides is 1. The van der Waals surface area contributed by atoms with Crippen molar-refractivity contribution in [1.82, 2.24) is 10.2 Å². The average Bonchev–Trinajstić information content (AvgIpc) is 2.82. The van der Waals surface area contributed by atoms with Gasteiger partial charge < -0.3 is 19.9 Å². The van der Waals surface area contributed by atoms with Crippen LogP contribution in [0.5, 0.6) is 5.75 Å². The molecule has 1 saturated heterocycles. The summed E-state index contributed by atoms with van der Waals surface area (Å²) in [6, 6.07) is 11.5. The zero-order valence-electron chi connectivity index (χ0n) is 18.9. The first kappa shape index (κ1) is 23.9. The Bertz CT molecular complexity index is 1020. The van der Waals surface area contributed by atoms with Crippen molar-refractivity contribution in [3.8, 4) is 5.75 Å². The van der Waals surface area contributed by atoms with Crippen molar-refractivity contribution in [3.63, 3.8) is 0 Å². The van der Waals surface area contributed by atoms with Crippen LogP contribution >= 0.6 is 0 Å². The molecule has 174 valence electrons. The highest BCUT2D eigenvalue weighted by Crippen LogP contribution is 2.30. The average molecular weight is 461 g/mol. The second-order valence-electron chi connectivity index (χ2n) is 7.83. The Kier molecular flexibility index (Phi) is 7.98. The maximum absolute atomic E-state index is 13.1. The predicted octanol–water partition coefficient (Wildman–Crippen LogP) is 2.78. The molecule has 2 aromatic carbocycles. The van der Waals surface area contributed by atoms with Crippen molar-refractivity contribution in [1.29, 1.82) is 0 Å². The van der Waals surface area contributed by atoms with Crippen molar-refractivity contribution in [2.24, 2.45) is 0 Å². The lowest BCUT2D eigenvalue weighted by Gasteiger charge is -2.31. The Morgan fingerprint density at radius 3 is 2.47 bits per heavy atom. The molecule has 1 amide bonds. The topological polar surface area (TPSA) is 91.0 Å². The third-order valence-corrected chi connectivity index (χ3v) is 6.89. The maximum Gasteiger partial charge on any atom is 0.261 e. The molecule has 0 unspecified atom stereocenters. The second-order valence-corrected chi connectivity index (χ2v) is 9.51. The molecular weight excluding hydrogens is 428 g/mol. The van der Waals surface area contributed by atoms with E-state index >= 15 is 0 Å². The number of ether oxygens (including phenoxy) is 1. The molecule has 2 aromatic rings. The van der Waals surface area contributed by atoms with Gasteiger partial charge in [0.25, 0.3) is 15.9 Å². The predicted molar refractivity (Wildman–Crippen MR) is 127 cm³/mol. The number of piperazine rings is 1. The number of anilines is 2. The van der Waals surface area contributed by atoms with Crippen LogP contribution < -0.4 is 19.7 Å². The number of benzene rings is 2. The van der Waals surface area contributed by atoms with Crippen LogP contribution in [0.2, 0.25) is 0 Å². The number of nitrogens with zero attached hydrogens (tertiary/aromatic N) is 2. The Balaban J connectivity index is 1.94. The monoisotopic (exact) mass is 460 g/mol. The highest BCUT2D eigenvalue weighted by atomic mass is 32.2. The lowest BCUT2D eigenvalue weighted by atomic mass is 10.1. The normalized spacial score (nSPS) is 14.2. The molecule has 0 aliphatic carbocycles. The van der Waals surface area contributed by atoms with Gasteiger partial charge in [-0.05, 0) is 48.9 Å². The van der Waals surface area contributed by atoms with Crippen molar-refractivity contribution in [2.75, 3.05) is 56.5 Å². The molecule has 3 rings (SSSR count). The van der Waals surface area contributed by atoms with Gasteiger partial charge in [-0.15, -0.1) is 0 Å². The van der Waals surface area contributed by atoms with Crippen LogP contribution in [0.3, 0.4) is 0 Å². The molecule has 0 saturated carbocycles. The fraction of sp³-hybridized carbons (Fsp3) is 0.435. The molecule has 1 fully saturated rings. The molecule has 32 heavy (non-hydrogen) atoms. The van der Waals surface area contributed by atoms with Crippen LogP contribution in [-0.4, -0.2) is 66.1 Å². The lowest BCUT2D eigenvalue weighted by molar-refractivity contribution is 0.0793. The van der Waals surface area contributed by atoms with Crippen LogP contribution in [0.4, 0.5) is 11.4 Å². The first-order chi connectivity index (χ1) is 15.4. The zero-order valence-corrected chi connectivity index (χ0v) is 19.7. The molecule has 0 atom stereocenters. The van der Waals surface area contributed by atoms with Crippen molar-refractivity contribution < 1.29 is 17.9 Å². The molecule has 8 nitrogen and oxygen atoms in total. The van der Waals surface area contributed by atoms with Crippen molar-refractivity contribution in [2.45, 2.75) is 24.7 Å². The molecule has 1 heterocycles. The van der Waals surface area contributed by atoms with Crippen LogP contribution in [0, 0.1) is 0 Å². The SMILES string of the molecule is CCCCN(C)C(=O)c1ccc(N2CCNCC2)c(NS(=O)(=O)c2ccc(OC)cc2)c1. The van der Waals surface area contributed by atoms with Crippen molar-refractivity contribution in [3.05, 3.63) is 48.0 Å². The number of unbranched alkanes of at least 4 members (excludes halogenated alkanes) is 1. The van der Waals surface area contributed by atoms with E-state index in [9.17, 15) is 13.2 Å². The van der Waals surface area contributed by atoms with E-state index in [0.29, 0.717) is 23.5 Å². The van der Waals surface area contributed by atoms with E-state index < -0.39 is 10.0 Å². The minimum atomic E-state index is -3.85. The van der Waals surface area contributed by atoms with E-state index in [2.05, 4.69) is 21.9 Å². The quantitative estimate of drug-likeness (QED) is 0.598. The van der Waals surface area contributed by atoms with Gasteiger partial charge in [-0.2, -0.15) is 0 Å². The summed E-state index contributed by atoms with van der Waals surface area (Å²) >= 11 is 0. The Morgan fingerprint density at radius 2 is 1.84 bits per heavy atom. The smallest absolute Gasteiger partial charge is 0.261 e. The van der Waals surface area contributed by atoms with Gasteiger partial charge in [0.05, 0.1) is 23.4 Å². The largest absolute Gasteiger partial charge is 0.497 e. The van der Waals surface area contributed by atoms with Gasteiger partial charge in [-0.1, -0.05) is 13.3 Å². The minimum Gasteiger partial charge on any atom is -0.497 e. The van der Waals surface area contributed by atoms with Gasteiger partial charge >= 0.3 is 0 Å². The van der Waals surface area contributed by atoms with Crippen LogP contribution in [0.1, 0.15) is 30.1 Å². The van der Waals surface area contributed by atoms with Gasteiger partial charge in [0.15, 0.2) is 0 Å². The highest BCUT2D eigenvalue weighted by molar-refractivity contribution is 7.92. The molecule has 0 radical (unpaired) electrons. The molecular formula is C23H32N4O4S. The van der Waals surface area contributed by atoms with E-state index in [1.54, 1.807) is 36.2 Å². The number of methoxy groups -OCH3 is 1. The summed E-state index contributed by atoms with van der Waals surface area (Å²) in [5, 5.41) is 3.30. The number of rotatable bonds is 9. The summed E-state index contributed by atoms with van der Waals surface area (Å²) in [7, 11) is -0.553. The molecule has 2 N–H and O–H groups in total. The second kappa shape index (κ2) is 10.7. The summed E-state index contributed by atoms with van der Waals surface area (Å²) in [6.45, 7) is 5.85. The summed E-state index contributed by atoms with van der Waals surface area (Å²) in [6.07, 6.45) is 1.91. The first-order valence-corrected chi connectivity index (χ1v) is 12.4. The van der Waals surface area contributed by atoms with E-state index in [1.165, 1.54) is 19.2 Å². The van der Waals surface area contributed by atoms with E-state index in [-0.39, 0.29) is 10.8 Å². The van der Waals surface area contributed by atoms with E-state index in [4.69, 9.17) is 4.74 Å². The number of carbonyl (C=O) groups is 1. The van der Waals surface area contributed by atoms with Gasteiger partial charge in [-0.25, -0.2) is 8.42 Å². The standard InChI is InChI=1S/C23H32N4O4S/c1-4-5-14-26(2)23(28)18-6-11-22(27-15-12-24-13-16-27)21(17-18)25-32(29,30)20-9-7-19(31-3)8-10-20/h6-11,17,24-25H,4-5,12-16H2,1-3H3. The first-order valence-electron chi connectivity index (χ1n) is 10.9. The summed E-state index contributed by atoms with van der Waals surface area (Å²) in [5.74, 6) is 0.448. The number of carbonyl (C=O) groups excluding carboxylic acids is 1. The minimum absolute atomic E-state index is 0.126. The van der Waals surface area contributed by atoms with Gasteiger partial charge in [-0.3, -0.25) is 9.52 Å². The Labute approximate surface area is 190 Å². The number of nitrogens with one attached hydrogen (secondary N) is 2. The summed E-state index contributed by atoms with van der Waals surface area (Å²) < 4.78 is 34.1. The van der Waals surface area contributed by atoms with Crippen LogP contribution in [0.25, 0.3) is 0 Å². The number of hydrogen-bond acceptors (Lipinski definition) is 6. The van der Waals surface area contributed by atoms with Gasteiger partial charge in [0, 0.05) is 45.3 Å². The Morgan fingerprint density at radius 1 is 1.16 bits per heavy atom. The molecule has 1 aliphatic rings. The van der Waals surface area contributed by atoms with Crippen LogP contribution in [-0.2, 0) is 10.0 Å². The van der Waals surface area contributed by atoms with Gasteiger partial charge in [0.2, 0.25) is 0 Å². The van der Waals surface area contributed by atoms with Gasteiger partial charge in [0.1, 0.15) is 5.75 Å². The fourth-order valence-electron chi connectivity index (χ4n) is 3.61.